The highest BCUT2D eigenvalue weighted by Crippen LogP contribution is 2.44. The lowest BCUT2D eigenvalue weighted by Crippen LogP contribution is -2.11. The van der Waals surface area contributed by atoms with Gasteiger partial charge in [0.25, 0.3) is 0 Å². The molecule has 0 amide bonds. The third kappa shape index (κ3) is 7.12. The Kier molecular flexibility index (Phi) is 9.79. The molecule has 0 bridgehead atoms. The minimum Gasteiger partial charge on any atom is -0.456 e. The van der Waals surface area contributed by atoms with E-state index in [9.17, 15) is 0 Å². The van der Waals surface area contributed by atoms with Crippen LogP contribution in [0.1, 0.15) is 5.56 Å². The van der Waals surface area contributed by atoms with Gasteiger partial charge in [-0.15, -0.1) is 0 Å². The quantitative estimate of drug-likeness (QED) is 0.129. The molecule has 10 rings (SSSR count). The van der Waals surface area contributed by atoms with Gasteiger partial charge in [-0.05, 0) is 116 Å². The number of para-hydroxylation sites is 1. The molecular formula is C58H41NO. The van der Waals surface area contributed by atoms with Gasteiger partial charge >= 0.3 is 0 Å². The van der Waals surface area contributed by atoms with Crippen LogP contribution in [0, 0.1) is 0 Å². The van der Waals surface area contributed by atoms with Crippen molar-refractivity contribution in [2.75, 3.05) is 4.90 Å². The normalized spacial score (nSPS) is 11.6. The Morgan fingerprint density at radius 1 is 0.383 bits per heavy atom. The number of nitrogens with zero attached hydrogens (tertiary/aromatic N) is 1. The molecule has 284 valence electrons. The predicted octanol–water partition coefficient (Wildman–Crippen LogP) is 16.6. The molecule has 10 aromatic rings. The molecule has 2 heteroatoms. The molecule has 1 heterocycles. The van der Waals surface area contributed by atoms with Crippen molar-refractivity contribution in [2.45, 2.75) is 0 Å². The van der Waals surface area contributed by atoms with Crippen molar-refractivity contribution in [3.63, 3.8) is 0 Å². The number of benzene rings is 9. The fourth-order valence-electron chi connectivity index (χ4n) is 8.27. The fraction of sp³-hybridized carbons (Fsp3) is 0. The van der Waals surface area contributed by atoms with E-state index in [0.29, 0.717) is 0 Å². The van der Waals surface area contributed by atoms with Crippen LogP contribution in [-0.4, -0.2) is 0 Å². The molecule has 0 aliphatic carbocycles. The zero-order chi connectivity index (χ0) is 40.3. The SMILES string of the molecule is C=C/C=C\C=C\c1ccc(N(c2ccc(-c3ccc(-c4ccccc4)c(-c4ccccc4)c3)cc2)c2ccccc2-c2ccc3oc4cc5ccccc5cc4c3c2)cc1. The highest BCUT2D eigenvalue weighted by atomic mass is 16.3. The van der Waals surface area contributed by atoms with Crippen LogP contribution in [0.4, 0.5) is 17.1 Å². The van der Waals surface area contributed by atoms with Crippen LogP contribution >= 0.6 is 0 Å². The molecule has 0 N–H and O–H groups in total. The summed E-state index contributed by atoms with van der Waals surface area (Å²) in [4.78, 5) is 2.36. The van der Waals surface area contributed by atoms with Gasteiger partial charge in [-0.25, -0.2) is 0 Å². The molecule has 0 aliphatic rings. The Bertz CT molecular complexity index is 3190. The van der Waals surface area contributed by atoms with Crippen molar-refractivity contribution in [3.8, 4) is 44.5 Å². The Morgan fingerprint density at radius 3 is 1.72 bits per heavy atom. The summed E-state index contributed by atoms with van der Waals surface area (Å²) >= 11 is 0. The van der Waals surface area contributed by atoms with Crippen LogP contribution in [0.15, 0.2) is 242 Å². The van der Waals surface area contributed by atoms with Crippen molar-refractivity contribution in [3.05, 3.63) is 243 Å². The van der Waals surface area contributed by atoms with Gasteiger partial charge in [0.1, 0.15) is 11.2 Å². The smallest absolute Gasteiger partial charge is 0.136 e. The van der Waals surface area contributed by atoms with E-state index in [4.69, 9.17) is 4.42 Å². The summed E-state index contributed by atoms with van der Waals surface area (Å²) < 4.78 is 6.40. The first-order valence-electron chi connectivity index (χ1n) is 20.4. The Labute approximate surface area is 350 Å². The number of allylic oxidation sites excluding steroid dienone is 4. The van der Waals surface area contributed by atoms with E-state index in [1.807, 2.05) is 18.2 Å². The number of fused-ring (bicyclic) bond motifs is 4. The fourth-order valence-corrected chi connectivity index (χ4v) is 8.27. The summed E-state index contributed by atoms with van der Waals surface area (Å²) in [5, 5.41) is 4.60. The molecule has 2 nitrogen and oxygen atoms in total. The third-order valence-corrected chi connectivity index (χ3v) is 11.2. The van der Waals surface area contributed by atoms with Gasteiger partial charge < -0.3 is 9.32 Å². The van der Waals surface area contributed by atoms with Gasteiger partial charge in [0, 0.05) is 27.7 Å². The van der Waals surface area contributed by atoms with E-state index in [0.717, 1.165) is 61.3 Å². The van der Waals surface area contributed by atoms with Gasteiger partial charge in [0.2, 0.25) is 0 Å². The largest absolute Gasteiger partial charge is 0.456 e. The number of anilines is 3. The van der Waals surface area contributed by atoms with Gasteiger partial charge in [0.05, 0.1) is 5.69 Å². The van der Waals surface area contributed by atoms with E-state index in [1.54, 1.807) is 6.08 Å². The van der Waals surface area contributed by atoms with Crippen LogP contribution in [0.25, 0.3) is 83.3 Å². The summed E-state index contributed by atoms with van der Waals surface area (Å²) in [6.07, 6.45) is 9.85. The Hall–Kier alpha value is -7.94. The topological polar surface area (TPSA) is 16.4 Å². The summed E-state index contributed by atoms with van der Waals surface area (Å²) in [6.45, 7) is 3.78. The first-order valence-corrected chi connectivity index (χ1v) is 20.4. The molecule has 9 aromatic carbocycles. The predicted molar refractivity (Wildman–Crippen MR) is 256 cm³/mol. The maximum Gasteiger partial charge on any atom is 0.136 e. The van der Waals surface area contributed by atoms with Gasteiger partial charge in [0.15, 0.2) is 0 Å². The summed E-state index contributed by atoms with van der Waals surface area (Å²) in [6, 6.07) is 74.0. The Balaban J connectivity index is 1.08. The average molecular weight is 768 g/mol. The second-order valence-corrected chi connectivity index (χ2v) is 15.0. The second kappa shape index (κ2) is 16.1. The van der Waals surface area contributed by atoms with Crippen molar-refractivity contribution in [2.24, 2.45) is 0 Å². The lowest BCUT2D eigenvalue weighted by Gasteiger charge is -2.28. The van der Waals surface area contributed by atoms with Gasteiger partial charge in [-0.2, -0.15) is 0 Å². The standard InChI is InChI=1S/C58H41NO/c1-2-3-4-7-16-41-25-31-49(32-26-41)59(50-33-27-42(28-34-50)47-29-35-51(43-17-8-5-9-18-43)53(37-47)44-19-10-6-11-20-44)56-24-15-14-23-52(56)48-30-36-57-54(39-48)55-38-45-21-12-13-22-46(45)40-58(55)60-57/h2-40H,1H2/b4-3-,16-7+. The highest BCUT2D eigenvalue weighted by Gasteiger charge is 2.19. The van der Waals surface area contributed by atoms with Crippen LogP contribution in [-0.2, 0) is 0 Å². The van der Waals surface area contributed by atoms with E-state index in [-0.39, 0.29) is 0 Å². The second-order valence-electron chi connectivity index (χ2n) is 15.0. The minimum absolute atomic E-state index is 0.882. The van der Waals surface area contributed by atoms with Crippen molar-refractivity contribution >= 4 is 55.8 Å². The van der Waals surface area contributed by atoms with Gasteiger partial charge in [-0.3, -0.25) is 0 Å². The maximum absolute atomic E-state index is 6.40. The molecule has 0 radical (unpaired) electrons. The molecule has 0 saturated heterocycles. The summed E-state index contributed by atoms with van der Waals surface area (Å²) in [5.41, 5.74) is 15.5. The van der Waals surface area contributed by atoms with Crippen LogP contribution in [0.5, 0.6) is 0 Å². The van der Waals surface area contributed by atoms with E-state index in [1.165, 1.54) is 38.6 Å². The molecular weight excluding hydrogens is 727 g/mol. The van der Waals surface area contributed by atoms with Crippen molar-refractivity contribution in [1.29, 1.82) is 0 Å². The molecule has 0 spiro atoms. The molecule has 0 unspecified atom stereocenters. The van der Waals surface area contributed by atoms with E-state index < -0.39 is 0 Å². The maximum atomic E-state index is 6.40. The minimum atomic E-state index is 0.882. The van der Waals surface area contributed by atoms with Crippen LogP contribution in [0.3, 0.4) is 0 Å². The number of hydrogen-bond acceptors (Lipinski definition) is 2. The van der Waals surface area contributed by atoms with Crippen LogP contribution < -0.4 is 4.90 Å². The number of rotatable bonds is 10. The zero-order valence-corrected chi connectivity index (χ0v) is 33.1. The first-order chi connectivity index (χ1) is 29.7. The molecule has 0 atom stereocenters. The van der Waals surface area contributed by atoms with E-state index in [2.05, 4.69) is 224 Å². The molecule has 1 aromatic heterocycles. The monoisotopic (exact) mass is 767 g/mol. The Morgan fingerprint density at radius 2 is 0.983 bits per heavy atom. The van der Waals surface area contributed by atoms with Crippen LogP contribution in [0.2, 0.25) is 0 Å². The lowest BCUT2D eigenvalue weighted by molar-refractivity contribution is 0.669. The number of furan rings is 1. The molecule has 0 fully saturated rings. The van der Waals surface area contributed by atoms with Gasteiger partial charge in [-0.1, -0.05) is 183 Å². The zero-order valence-electron chi connectivity index (χ0n) is 33.1. The van der Waals surface area contributed by atoms with E-state index >= 15 is 0 Å². The number of hydrogen-bond donors (Lipinski definition) is 0. The summed E-state index contributed by atoms with van der Waals surface area (Å²) in [7, 11) is 0. The highest BCUT2D eigenvalue weighted by molar-refractivity contribution is 6.11. The average Bonchev–Trinajstić information content (AvgIpc) is 3.67. The lowest BCUT2D eigenvalue weighted by atomic mass is 9.91. The van der Waals surface area contributed by atoms with Crippen molar-refractivity contribution in [1.82, 2.24) is 0 Å². The molecule has 0 aliphatic heterocycles. The molecule has 60 heavy (non-hydrogen) atoms. The third-order valence-electron chi connectivity index (χ3n) is 11.2. The molecule has 0 saturated carbocycles. The summed E-state index contributed by atoms with van der Waals surface area (Å²) in [5.74, 6) is 0. The van der Waals surface area contributed by atoms with Crippen molar-refractivity contribution < 1.29 is 4.42 Å². The first kappa shape index (κ1) is 36.4.